The topological polar surface area (TPSA) is 38.1 Å². The van der Waals surface area contributed by atoms with Gasteiger partial charge in [-0.25, -0.2) is 4.68 Å². The van der Waals surface area contributed by atoms with E-state index in [-0.39, 0.29) is 5.91 Å². The molecule has 0 saturated heterocycles. The lowest BCUT2D eigenvalue weighted by molar-refractivity contribution is 0.0992. The quantitative estimate of drug-likeness (QED) is 0.726. The summed E-state index contributed by atoms with van der Waals surface area (Å²) in [4.78, 5) is 14.4. The van der Waals surface area contributed by atoms with Crippen LogP contribution in [0.2, 0.25) is 5.15 Å². The highest BCUT2D eigenvalue weighted by molar-refractivity contribution is 6.34. The van der Waals surface area contributed by atoms with Crippen molar-refractivity contribution in [3.63, 3.8) is 0 Å². The first kappa shape index (κ1) is 15.3. The molecule has 0 aliphatic carbocycles. The maximum Gasteiger partial charge on any atom is 0.263 e. The molecule has 3 aromatic rings. The highest BCUT2D eigenvalue weighted by atomic mass is 35.5. The number of halogens is 1. The summed E-state index contributed by atoms with van der Waals surface area (Å²) >= 11 is 6.44. The number of carbonyl (C=O) groups excluding carboxylic acids is 1. The van der Waals surface area contributed by atoms with E-state index in [1.54, 1.807) is 23.6 Å². The summed E-state index contributed by atoms with van der Waals surface area (Å²) in [6.07, 6.45) is 0. The third kappa shape index (κ3) is 2.85. The molecule has 0 saturated carbocycles. The fourth-order valence-electron chi connectivity index (χ4n) is 2.42. The Bertz CT molecular complexity index is 828. The van der Waals surface area contributed by atoms with E-state index in [0.717, 1.165) is 11.4 Å². The van der Waals surface area contributed by atoms with Gasteiger partial charge in [-0.3, -0.25) is 4.79 Å². The molecular formula is C18H16ClN3O. The molecule has 0 bridgehead atoms. The molecule has 0 unspecified atom stereocenters. The Labute approximate surface area is 139 Å². The Kier molecular flexibility index (Phi) is 4.17. The van der Waals surface area contributed by atoms with Crippen molar-refractivity contribution in [3.05, 3.63) is 77.1 Å². The van der Waals surface area contributed by atoms with Gasteiger partial charge in [0.1, 0.15) is 10.7 Å². The zero-order valence-corrected chi connectivity index (χ0v) is 13.7. The first-order valence-corrected chi connectivity index (χ1v) is 7.61. The summed E-state index contributed by atoms with van der Waals surface area (Å²) in [7, 11) is 1.73. The van der Waals surface area contributed by atoms with Gasteiger partial charge in [0.2, 0.25) is 0 Å². The molecule has 5 heteroatoms. The van der Waals surface area contributed by atoms with Crippen molar-refractivity contribution < 1.29 is 4.79 Å². The van der Waals surface area contributed by atoms with E-state index in [1.807, 2.05) is 60.7 Å². The second-order valence-corrected chi connectivity index (χ2v) is 5.56. The van der Waals surface area contributed by atoms with E-state index in [0.29, 0.717) is 16.4 Å². The molecule has 0 atom stereocenters. The average Bonchev–Trinajstić information content (AvgIpc) is 2.89. The largest absolute Gasteiger partial charge is 0.311 e. The molecule has 1 aromatic heterocycles. The van der Waals surface area contributed by atoms with Gasteiger partial charge >= 0.3 is 0 Å². The normalized spacial score (nSPS) is 10.6. The molecule has 116 valence electrons. The number of para-hydroxylation sites is 2. The molecule has 2 aromatic carbocycles. The van der Waals surface area contributed by atoms with Crippen molar-refractivity contribution in [2.75, 3.05) is 11.9 Å². The van der Waals surface area contributed by atoms with E-state index >= 15 is 0 Å². The molecule has 0 N–H and O–H groups in total. The number of rotatable bonds is 3. The van der Waals surface area contributed by atoms with Crippen LogP contribution in [0.1, 0.15) is 16.1 Å². The SMILES string of the molecule is Cc1nn(-c2ccccc2)c(Cl)c1C(=O)N(C)c1ccccc1. The molecule has 23 heavy (non-hydrogen) atoms. The second kappa shape index (κ2) is 6.26. The highest BCUT2D eigenvalue weighted by Crippen LogP contribution is 2.26. The number of hydrogen-bond donors (Lipinski definition) is 0. The average molecular weight is 326 g/mol. The predicted octanol–water partition coefficient (Wildman–Crippen LogP) is 4.11. The van der Waals surface area contributed by atoms with E-state index < -0.39 is 0 Å². The summed E-state index contributed by atoms with van der Waals surface area (Å²) in [6.45, 7) is 1.79. The highest BCUT2D eigenvalue weighted by Gasteiger charge is 2.24. The van der Waals surface area contributed by atoms with Crippen LogP contribution in [0.25, 0.3) is 5.69 Å². The minimum Gasteiger partial charge on any atom is -0.311 e. The van der Waals surface area contributed by atoms with Crippen LogP contribution in [0, 0.1) is 6.92 Å². The van der Waals surface area contributed by atoms with Crippen LogP contribution in [0.3, 0.4) is 0 Å². The van der Waals surface area contributed by atoms with Gasteiger partial charge in [-0.05, 0) is 31.2 Å². The number of hydrogen-bond acceptors (Lipinski definition) is 2. The summed E-state index contributed by atoms with van der Waals surface area (Å²) < 4.78 is 1.59. The fourth-order valence-corrected chi connectivity index (χ4v) is 2.77. The maximum absolute atomic E-state index is 12.8. The van der Waals surface area contributed by atoms with E-state index in [4.69, 9.17) is 11.6 Å². The van der Waals surface area contributed by atoms with Crippen molar-refractivity contribution in [3.8, 4) is 5.69 Å². The van der Waals surface area contributed by atoms with Gasteiger partial charge in [0.25, 0.3) is 5.91 Å². The predicted molar refractivity (Wildman–Crippen MR) is 92.5 cm³/mol. The molecule has 0 aliphatic heterocycles. The standard InChI is InChI=1S/C18H16ClN3O/c1-13-16(18(23)21(2)14-9-5-3-6-10-14)17(19)22(20-13)15-11-7-4-8-12-15/h3-12H,1-2H3. The van der Waals surface area contributed by atoms with Gasteiger partial charge in [0.15, 0.2) is 0 Å². The summed E-state index contributed by atoms with van der Waals surface area (Å²) in [5.41, 5.74) is 2.65. The number of carbonyl (C=O) groups is 1. The van der Waals surface area contributed by atoms with E-state index in [2.05, 4.69) is 5.10 Å². The Morgan fingerprint density at radius 3 is 2.22 bits per heavy atom. The Morgan fingerprint density at radius 1 is 1.04 bits per heavy atom. The van der Waals surface area contributed by atoms with Crippen molar-refractivity contribution in [1.82, 2.24) is 9.78 Å². The van der Waals surface area contributed by atoms with Gasteiger partial charge < -0.3 is 4.90 Å². The van der Waals surface area contributed by atoms with Gasteiger partial charge in [-0.15, -0.1) is 0 Å². The molecule has 0 spiro atoms. The van der Waals surface area contributed by atoms with Crippen molar-refractivity contribution >= 4 is 23.2 Å². The Morgan fingerprint density at radius 2 is 1.61 bits per heavy atom. The summed E-state index contributed by atoms with van der Waals surface area (Å²) in [5.74, 6) is -0.180. The van der Waals surface area contributed by atoms with Gasteiger partial charge in [0.05, 0.1) is 11.4 Å². The lowest BCUT2D eigenvalue weighted by atomic mass is 10.2. The second-order valence-electron chi connectivity index (χ2n) is 5.20. The maximum atomic E-state index is 12.8. The van der Waals surface area contributed by atoms with E-state index in [9.17, 15) is 4.79 Å². The fraction of sp³-hybridized carbons (Fsp3) is 0.111. The van der Waals surface area contributed by atoms with Crippen LogP contribution in [0.4, 0.5) is 5.69 Å². The first-order valence-electron chi connectivity index (χ1n) is 7.23. The van der Waals surface area contributed by atoms with Crippen molar-refractivity contribution in [1.29, 1.82) is 0 Å². The minimum absolute atomic E-state index is 0.180. The first-order chi connectivity index (χ1) is 11.1. The van der Waals surface area contributed by atoms with Crippen LogP contribution in [-0.2, 0) is 0 Å². The summed E-state index contributed by atoms with van der Waals surface area (Å²) in [5, 5.41) is 4.74. The molecule has 0 aliphatic rings. The number of anilines is 1. The minimum atomic E-state index is -0.180. The number of amides is 1. The van der Waals surface area contributed by atoms with Crippen LogP contribution in [0.15, 0.2) is 60.7 Å². The third-order valence-corrected chi connectivity index (χ3v) is 4.02. The van der Waals surface area contributed by atoms with Crippen LogP contribution in [-0.4, -0.2) is 22.7 Å². The Hall–Kier alpha value is -2.59. The molecule has 1 amide bonds. The molecule has 0 fully saturated rings. The van der Waals surface area contributed by atoms with E-state index in [1.165, 1.54) is 0 Å². The lowest BCUT2D eigenvalue weighted by Crippen LogP contribution is -2.26. The van der Waals surface area contributed by atoms with Gasteiger partial charge in [-0.2, -0.15) is 5.10 Å². The molecule has 1 heterocycles. The van der Waals surface area contributed by atoms with Crippen LogP contribution < -0.4 is 4.90 Å². The number of nitrogens with zero attached hydrogens (tertiary/aromatic N) is 3. The molecule has 4 nitrogen and oxygen atoms in total. The number of aromatic nitrogens is 2. The molecular weight excluding hydrogens is 310 g/mol. The lowest BCUT2D eigenvalue weighted by Gasteiger charge is -2.17. The zero-order valence-electron chi connectivity index (χ0n) is 12.9. The van der Waals surface area contributed by atoms with Crippen molar-refractivity contribution in [2.24, 2.45) is 0 Å². The molecule has 3 rings (SSSR count). The number of benzene rings is 2. The van der Waals surface area contributed by atoms with Gasteiger partial charge in [0, 0.05) is 12.7 Å². The monoisotopic (exact) mass is 325 g/mol. The number of aryl methyl sites for hydroxylation is 1. The third-order valence-electron chi connectivity index (χ3n) is 3.67. The van der Waals surface area contributed by atoms with Gasteiger partial charge in [-0.1, -0.05) is 48.0 Å². The smallest absolute Gasteiger partial charge is 0.263 e. The van der Waals surface area contributed by atoms with Crippen molar-refractivity contribution in [2.45, 2.75) is 6.92 Å². The Balaban J connectivity index is 2.01. The van der Waals surface area contributed by atoms with Crippen LogP contribution >= 0.6 is 11.6 Å². The van der Waals surface area contributed by atoms with Crippen LogP contribution in [0.5, 0.6) is 0 Å². The zero-order chi connectivity index (χ0) is 16.4. The summed E-state index contributed by atoms with van der Waals surface area (Å²) in [6, 6.07) is 19.0. The molecule has 0 radical (unpaired) electrons.